The molecule has 0 aliphatic carbocycles. The molecule has 1 atom stereocenters. The van der Waals surface area contributed by atoms with Crippen LogP contribution in [0.25, 0.3) is 10.8 Å². The molecule has 2 rings (SSSR count). The van der Waals surface area contributed by atoms with Gasteiger partial charge in [-0.2, -0.15) is 0 Å². The average molecular weight is 307 g/mol. The minimum absolute atomic E-state index is 0.0606. The standard InChI is InChI=1S/C16H19ClN2O2/c1-10(2)14(9-21-3)19-16(20)13-8-11-6-4-5-7-12(11)15(17)18-13/h4-8,10,14H,9H2,1-3H3,(H,19,20). The quantitative estimate of drug-likeness (QED) is 0.862. The van der Waals surface area contributed by atoms with E-state index in [4.69, 9.17) is 16.3 Å². The molecule has 21 heavy (non-hydrogen) atoms. The van der Waals surface area contributed by atoms with Gasteiger partial charge in [-0.25, -0.2) is 4.98 Å². The molecule has 5 heteroatoms. The van der Waals surface area contributed by atoms with Gasteiger partial charge in [0.15, 0.2) is 0 Å². The van der Waals surface area contributed by atoms with E-state index < -0.39 is 0 Å². The summed E-state index contributed by atoms with van der Waals surface area (Å²) in [7, 11) is 1.62. The fourth-order valence-corrected chi connectivity index (χ4v) is 2.36. The smallest absolute Gasteiger partial charge is 0.270 e. The van der Waals surface area contributed by atoms with E-state index in [0.717, 1.165) is 10.8 Å². The maximum atomic E-state index is 12.3. The van der Waals surface area contributed by atoms with Gasteiger partial charge in [-0.05, 0) is 17.4 Å². The molecule has 2 aromatic rings. The molecule has 1 aromatic heterocycles. The molecule has 4 nitrogen and oxygen atoms in total. The monoisotopic (exact) mass is 306 g/mol. The van der Waals surface area contributed by atoms with Crippen LogP contribution < -0.4 is 5.32 Å². The van der Waals surface area contributed by atoms with Crippen LogP contribution in [0, 0.1) is 5.92 Å². The zero-order valence-electron chi connectivity index (χ0n) is 12.4. The number of hydrogen-bond donors (Lipinski definition) is 1. The highest BCUT2D eigenvalue weighted by atomic mass is 35.5. The summed E-state index contributed by atoms with van der Waals surface area (Å²) in [4.78, 5) is 16.5. The Morgan fingerprint density at radius 2 is 2.10 bits per heavy atom. The Labute approximate surface area is 129 Å². The Balaban J connectivity index is 2.27. The normalized spacial score (nSPS) is 12.6. The van der Waals surface area contributed by atoms with E-state index in [9.17, 15) is 4.79 Å². The first-order valence-electron chi connectivity index (χ1n) is 6.88. The Bertz CT molecular complexity index is 643. The van der Waals surface area contributed by atoms with E-state index in [1.807, 2.05) is 38.1 Å². The number of fused-ring (bicyclic) bond motifs is 1. The number of amides is 1. The topological polar surface area (TPSA) is 51.2 Å². The Kier molecular flexibility index (Phi) is 5.15. The third-order valence-electron chi connectivity index (χ3n) is 3.39. The van der Waals surface area contributed by atoms with E-state index in [1.54, 1.807) is 13.2 Å². The van der Waals surface area contributed by atoms with Crippen LogP contribution in [0.15, 0.2) is 30.3 Å². The number of nitrogens with zero attached hydrogens (tertiary/aromatic N) is 1. The summed E-state index contributed by atoms with van der Waals surface area (Å²) >= 11 is 6.15. The van der Waals surface area contributed by atoms with Crippen molar-refractivity contribution in [3.05, 3.63) is 41.2 Å². The van der Waals surface area contributed by atoms with Gasteiger partial charge in [-0.3, -0.25) is 4.79 Å². The average Bonchev–Trinajstić information content (AvgIpc) is 2.46. The molecule has 1 heterocycles. The molecule has 1 unspecified atom stereocenters. The maximum Gasteiger partial charge on any atom is 0.270 e. The minimum Gasteiger partial charge on any atom is -0.383 e. The van der Waals surface area contributed by atoms with Crippen molar-refractivity contribution >= 4 is 28.3 Å². The Morgan fingerprint density at radius 1 is 1.38 bits per heavy atom. The van der Waals surface area contributed by atoms with Crippen LogP contribution in [0.5, 0.6) is 0 Å². The highest BCUT2D eigenvalue weighted by Gasteiger charge is 2.18. The number of nitrogens with one attached hydrogen (secondary N) is 1. The molecule has 0 saturated carbocycles. The highest BCUT2D eigenvalue weighted by molar-refractivity contribution is 6.34. The van der Waals surface area contributed by atoms with E-state index in [1.165, 1.54) is 0 Å². The van der Waals surface area contributed by atoms with Gasteiger partial charge >= 0.3 is 0 Å². The molecular formula is C16H19ClN2O2. The lowest BCUT2D eigenvalue weighted by Gasteiger charge is -2.21. The number of rotatable bonds is 5. The van der Waals surface area contributed by atoms with E-state index in [0.29, 0.717) is 17.5 Å². The van der Waals surface area contributed by atoms with Crippen molar-refractivity contribution in [2.24, 2.45) is 5.92 Å². The van der Waals surface area contributed by atoms with Gasteiger partial charge in [0.1, 0.15) is 10.8 Å². The zero-order chi connectivity index (χ0) is 15.4. The van der Waals surface area contributed by atoms with Crippen molar-refractivity contribution in [3.63, 3.8) is 0 Å². The van der Waals surface area contributed by atoms with Gasteiger partial charge in [-0.1, -0.05) is 49.7 Å². The maximum absolute atomic E-state index is 12.3. The number of benzene rings is 1. The van der Waals surface area contributed by atoms with Crippen molar-refractivity contribution in [1.29, 1.82) is 0 Å². The third-order valence-corrected chi connectivity index (χ3v) is 3.68. The van der Waals surface area contributed by atoms with E-state index in [2.05, 4.69) is 10.3 Å². The fourth-order valence-electron chi connectivity index (χ4n) is 2.10. The molecule has 0 aliphatic rings. The minimum atomic E-state index is -0.238. The number of halogens is 1. The largest absolute Gasteiger partial charge is 0.383 e. The molecule has 1 aromatic carbocycles. The van der Waals surface area contributed by atoms with E-state index in [-0.39, 0.29) is 17.9 Å². The second-order valence-electron chi connectivity index (χ2n) is 5.30. The molecule has 1 amide bonds. The number of hydrogen-bond acceptors (Lipinski definition) is 3. The number of ether oxygens (including phenoxy) is 1. The second-order valence-corrected chi connectivity index (χ2v) is 5.66. The molecule has 0 saturated heterocycles. The Hall–Kier alpha value is -1.65. The highest BCUT2D eigenvalue weighted by Crippen LogP contribution is 2.22. The lowest BCUT2D eigenvalue weighted by molar-refractivity contribution is 0.0862. The first-order chi connectivity index (χ1) is 10.0. The van der Waals surface area contributed by atoms with Crippen molar-refractivity contribution in [1.82, 2.24) is 10.3 Å². The van der Waals surface area contributed by atoms with Crippen LogP contribution in [-0.4, -0.2) is 30.6 Å². The van der Waals surface area contributed by atoms with Crippen molar-refractivity contribution in [2.75, 3.05) is 13.7 Å². The second kappa shape index (κ2) is 6.87. The summed E-state index contributed by atoms with van der Waals surface area (Å²) in [5.74, 6) is 0.0308. The summed E-state index contributed by atoms with van der Waals surface area (Å²) in [6.45, 7) is 4.53. The molecule has 0 aliphatic heterocycles. The molecular weight excluding hydrogens is 288 g/mol. The molecule has 0 bridgehead atoms. The zero-order valence-corrected chi connectivity index (χ0v) is 13.1. The van der Waals surface area contributed by atoms with Gasteiger partial charge in [0.05, 0.1) is 12.6 Å². The Morgan fingerprint density at radius 3 is 2.76 bits per heavy atom. The first-order valence-corrected chi connectivity index (χ1v) is 7.25. The summed E-state index contributed by atoms with van der Waals surface area (Å²) in [5, 5.41) is 5.02. The number of pyridine rings is 1. The van der Waals surface area contributed by atoms with Crippen molar-refractivity contribution in [3.8, 4) is 0 Å². The molecule has 0 spiro atoms. The fraction of sp³-hybridized carbons (Fsp3) is 0.375. The number of carbonyl (C=O) groups excluding carboxylic acids is 1. The lowest BCUT2D eigenvalue weighted by Crippen LogP contribution is -2.41. The molecule has 0 fully saturated rings. The van der Waals surface area contributed by atoms with Gasteiger partial charge in [-0.15, -0.1) is 0 Å². The van der Waals surface area contributed by atoms with Gasteiger partial charge < -0.3 is 10.1 Å². The lowest BCUT2D eigenvalue weighted by atomic mass is 10.1. The van der Waals surface area contributed by atoms with Crippen LogP contribution in [0.4, 0.5) is 0 Å². The van der Waals surface area contributed by atoms with Crippen molar-refractivity contribution < 1.29 is 9.53 Å². The predicted octanol–water partition coefficient (Wildman–Crippen LogP) is 3.29. The molecule has 1 N–H and O–H groups in total. The molecule has 112 valence electrons. The summed E-state index contributed by atoms with van der Waals surface area (Å²) in [5.41, 5.74) is 0.320. The summed E-state index contributed by atoms with van der Waals surface area (Å²) in [6, 6.07) is 9.28. The number of aromatic nitrogens is 1. The SMILES string of the molecule is COCC(NC(=O)c1cc2ccccc2c(Cl)n1)C(C)C. The van der Waals surface area contributed by atoms with Crippen molar-refractivity contribution in [2.45, 2.75) is 19.9 Å². The van der Waals surface area contributed by atoms with Crippen LogP contribution in [0.2, 0.25) is 5.15 Å². The molecule has 0 radical (unpaired) electrons. The van der Waals surface area contributed by atoms with Gasteiger partial charge in [0.2, 0.25) is 0 Å². The van der Waals surface area contributed by atoms with Crippen LogP contribution in [0.3, 0.4) is 0 Å². The number of methoxy groups -OCH3 is 1. The van der Waals surface area contributed by atoms with Crippen LogP contribution in [0.1, 0.15) is 24.3 Å². The van der Waals surface area contributed by atoms with Gasteiger partial charge in [0.25, 0.3) is 5.91 Å². The van der Waals surface area contributed by atoms with Gasteiger partial charge in [0, 0.05) is 12.5 Å². The summed E-state index contributed by atoms with van der Waals surface area (Å²) < 4.78 is 5.13. The first kappa shape index (κ1) is 15.7. The van der Waals surface area contributed by atoms with Crippen LogP contribution in [-0.2, 0) is 4.74 Å². The van der Waals surface area contributed by atoms with E-state index >= 15 is 0 Å². The van der Waals surface area contributed by atoms with Crippen LogP contribution >= 0.6 is 11.6 Å². The third kappa shape index (κ3) is 3.71. The summed E-state index contributed by atoms with van der Waals surface area (Å²) in [6.07, 6.45) is 0. The number of carbonyl (C=O) groups is 1. The predicted molar refractivity (Wildman–Crippen MR) is 84.7 cm³/mol.